The van der Waals surface area contributed by atoms with E-state index in [-0.39, 0.29) is 0 Å². The molecule has 0 radical (unpaired) electrons. The molecular weight excluding hydrogens is 308 g/mol. The van der Waals surface area contributed by atoms with Gasteiger partial charge >= 0.3 is 0 Å². The van der Waals surface area contributed by atoms with E-state index >= 15 is 0 Å². The van der Waals surface area contributed by atoms with E-state index in [1.807, 2.05) is 37.6 Å². The lowest BCUT2D eigenvalue weighted by molar-refractivity contribution is 0.355. The van der Waals surface area contributed by atoms with Crippen molar-refractivity contribution in [3.05, 3.63) is 28.1 Å². The summed E-state index contributed by atoms with van der Waals surface area (Å²) in [7, 11) is 5.25. The van der Waals surface area contributed by atoms with Crippen LogP contribution in [0.3, 0.4) is 0 Å². The summed E-state index contributed by atoms with van der Waals surface area (Å²) in [6, 6.07) is 3.92. The van der Waals surface area contributed by atoms with E-state index in [0.29, 0.717) is 5.75 Å². The van der Waals surface area contributed by atoms with E-state index in [4.69, 9.17) is 9.47 Å². The van der Waals surface area contributed by atoms with Gasteiger partial charge in [0, 0.05) is 12.6 Å². The number of rotatable bonds is 3. The first-order valence-electron chi connectivity index (χ1n) is 5.91. The number of imidazole rings is 1. The molecule has 0 saturated heterocycles. The highest BCUT2D eigenvalue weighted by molar-refractivity contribution is 9.10. The molecule has 0 amide bonds. The minimum absolute atomic E-state index is 0.707. The van der Waals surface area contributed by atoms with Crippen LogP contribution < -0.4 is 9.47 Å². The molecule has 0 spiro atoms. The van der Waals surface area contributed by atoms with Crippen LogP contribution in [0.25, 0.3) is 11.3 Å². The predicted molar refractivity (Wildman–Crippen MR) is 78.9 cm³/mol. The van der Waals surface area contributed by atoms with Crippen LogP contribution in [0.2, 0.25) is 0 Å². The fourth-order valence-corrected chi connectivity index (χ4v) is 2.55. The fourth-order valence-electron chi connectivity index (χ4n) is 1.99. The molecule has 19 heavy (non-hydrogen) atoms. The Hall–Kier alpha value is -1.49. The van der Waals surface area contributed by atoms with Crippen molar-refractivity contribution < 1.29 is 9.47 Å². The highest BCUT2D eigenvalue weighted by Gasteiger charge is 2.16. The fraction of sp³-hybridized carbons (Fsp3) is 0.357. The monoisotopic (exact) mass is 324 g/mol. The molecule has 1 aromatic carbocycles. The minimum Gasteiger partial charge on any atom is -0.493 e. The second kappa shape index (κ2) is 5.25. The Balaban J connectivity index is 2.65. The van der Waals surface area contributed by atoms with Gasteiger partial charge in [0.1, 0.15) is 16.1 Å². The molecule has 0 unspecified atom stereocenters. The van der Waals surface area contributed by atoms with Crippen LogP contribution in [-0.2, 0) is 7.05 Å². The highest BCUT2D eigenvalue weighted by Crippen LogP contribution is 2.37. The van der Waals surface area contributed by atoms with Crippen LogP contribution >= 0.6 is 15.9 Å². The molecule has 2 aromatic rings. The Bertz CT molecular complexity index is 620. The third kappa shape index (κ3) is 2.34. The zero-order valence-corrected chi connectivity index (χ0v) is 13.3. The number of aryl methyl sites for hydroxylation is 2. The van der Waals surface area contributed by atoms with Gasteiger partial charge < -0.3 is 14.0 Å². The van der Waals surface area contributed by atoms with Crippen LogP contribution in [0, 0.1) is 13.8 Å². The molecule has 0 N–H and O–H groups in total. The molecule has 0 fully saturated rings. The van der Waals surface area contributed by atoms with Gasteiger partial charge in [0.15, 0.2) is 11.5 Å². The van der Waals surface area contributed by atoms with Crippen LogP contribution in [0.15, 0.2) is 16.7 Å². The number of hydrogen-bond acceptors (Lipinski definition) is 3. The lowest BCUT2D eigenvalue weighted by Crippen LogP contribution is -1.94. The molecule has 102 valence electrons. The van der Waals surface area contributed by atoms with Crippen LogP contribution in [-0.4, -0.2) is 23.8 Å². The summed E-state index contributed by atoms with van der Waals surface area (Å²) in [5.41, 5.74) is 3.04. The van der Waals surface area contributed by atoms with Crippen molar-refractivity contribution in [3.63, 3.8) is 0 Å². The first kappa shape index (κ1) is 13.9. The van der Waals surface area contributed by atoms with Crippen molar-refractivity contribution >= 4 is 15.9 Å². The Morgan fingerprint density at radius 3 is 2.16 bits per heavy atom. The first-order valence-corrected chi connectivity index (χ1v) is 6.70. The summed E-state index contributed by atoms with van der Waals surface area (Å²) >= 11 is 3.58. The smallest absolute Gasteiger partial charge is 0.161 e. The maximum atomic E-state index is 5.36. The minimum atomic E-state index is 0.707. The summed E-state index contributed by atoms with van der Waals surface area (Å²) in [6.45, 7) is 4.01. The normalized spacial score (nSPS) is 10.6. The van der Waals surface area contributed by atoms with Gasteiger partial charge in [-0.3, -0.25) is 0 Å². The number of aromatic nitrogens is 2. The van der Waals surface area contributed by atoms with E-state index in [0.717, 1.165) is 33.0 Å². The van der Waals surface area contributed by atoms with Gasteiger partial charge in [-0.2, -0.15) is 0 Å². The van der Waals surface area contributed by atoms with E-state index in [2.05, 4.69) is 20.9 Å². The van der Waals surface area contributed by atoms with E-state index in [9.17, 15) is 0 Å². The molecule has 0 aliphatic rings. The molecule has 0 aliphatic carbocycles. The summed E-state index contributed by atoms with van der Waals surface area (Å²) in [6.07, 6.45) is 0. The van der Waals surface area contributed by atoms with Crippen molar-refractivity contribution in [1.82, 2.24) is 9.55 Å². The molecular formula is C14H17BrN2O2. The molecule has 2 rings (SSSR count). The number of hydrogen-bond donors (Lipinski definition) is 0. The van der Waals surface area contributed by atoms with Gasteiger partial charge in [0.25, 0.3) is 0 Å². The Kier molecular flexibility index (Phi) is 3.85. The molecule has 4 nitrogen and oxygen atoms in total. The summed E-state index contributed by atoms with van der Waals surface area (Å²) in [4.78, 5) is 4.59. The molecule has 0 bridgehead atoms. The molecule has 1 aromatic heterocycles. The van der Waals surface area contributed by atoms with Gasteiger partial charge in [-0.25, -0.2) is 4.98 Å². The summed E-state index contributed by atoms with van der Waals surface area (Å²) < 4.78 is 13.6. The molecule has 5 heteroatoms. The maximum absolute atomic E-state index is 5.36. The SMILES string of the molecule is COc1cc(C)c(-c2nc(C)n(C)c2Br)cc1OC. The Labute approximate surface area is 121 Å². The summed E-state index contributed by atoms with van der Waals surface area (Å²) in [5, 5.41) is 0. The largest absolute Gasteiger partial charge is 0.493 e. The van der Waals surface area contributed by atoms with Crippen LogP contribution in [0.1, 0.15) is 11.4 Å². The summed E-state index contributed by atoms with van der Waals surface area (Å²) in [5.74, 6) is 2.39. The zero-order chi connectivity index (χ0) is 14.2. The average molecular weight is 325 g/mol. The quantitative estimate of drug-likeness (QED) is 0.867. The number of nitrogens with zero attached hydrogens (tertiary/aromatic N) is 2. The zero-order valence-electron chi connectivity index (χ0n) is 11.7. The third-order valence-electron chi connectivity index (χ3n) is 3.23. The van der Waals surface area contributed by atoms with Crippen LogP contribution in [0.5, 0.6) is 11.5 Å². The third-order valence-corrected chi connectivity index (χ3v) is 4.14. The lowest BCUT2D eigenvalue weighted by Gasteiger charge is -2.12. The van der Waals surface area contributed by atoms with Crippen molar-refractivity contribution in [2.45, 2.75) is 13.8 Å². The second-order valence-corrected chi connectivity index (χ2v) is 5.13. The highest BCUT2D eigenvalue weighted by atomic mass is 79.9. The molecule has 0 saturated carbocycles. The topological polar surface area (TPSA) is 36.3 Å². The van der Waals surface area contributed by atoms with E-state index in [1.54, 1.807) is 14.2 Å². The number of halogens is 1. The van der Waals surface area contributed by atoms with E-state index in [1.165, 1.54) is 0 Å². The van der Waals surface area contributed by atoms with Crippen molar-refractivity contribution in [2.75, 3.05) is 14.2 Å². The van der Waals surface area contributed by atoms with Gasteiger partial charge in [-0.1, -0.05) is 0 Å². The van der Waals surface area contributed by atoms with E-state index < -0.39 is 0 Å². The first-order chi connectivity index (χ1) is 8.99. The van der Waals surface area contributed by atoms with Crippen LogP contribution in [0.4, 0.5) is 0 Å². The van der Waals surface area contributed by atoms with Crippen molar-refractivity contribution in [3.8, 4) is 22.8 Å². The van der Waals surface area contributed by atoms with Gasteiger partial charge in [0.2, 0.25) is 0 Å². The second-order valence-electron chi connectivity index (χ2n) is 4.38. The predicted octanol–water partition coefficient (Wildman–Crippen LogP) is 3.48. The van der Waals surface area contributed by atoms with Crippen molar-refractivity contribution in [2.24, 2.45) is 7.05 Å². The Morgan fingerprint density at radius 2 is 1.68 bits per heavy atom. The lowest BCUT2D eigenvalue weighted by atomic mass is 10.1. The number of ether oxygens (including phenoxy) is 2. The molecule has 0 aliphatic heterocycles. The average Bonchev–Trinajstić information content (AvgIpc) is 2.66. The molecule has 1 heterocycles. The number of methoxy groups -OCH3 is 2. The standard InChI is InChI=1S/C14H17BrN2O2/c1-8-6-11(18-4)12(19-5)7-10(8)13-14(15)17(3)9(2)16-13/h6-7H,1-5H3. The van der Waals surface area contributed by atoms with Crippen molar-refractivity contribution in [1.29, 1.82) is 0 Å². The number of benzene rings is 1. The molecule has 0 atom stereocenters. The maximum Gasteiger partial charge on any atom is 0.161 e. The van der Waals surface area contributed by atoms with Gasteiger partial charge in [0.05, 0.1) is 14.2 Å². The van der Waals surface area contributed by atoms with Gasteiger partial charge in [-0.15, -0.1) is 0 Å². The van der Waals surface area contributed by atoms with Gasteiger partial charge in [-0.05, 0) is 47.5 Å². The Morgan fingerprint density at radius 1 is 1.11 bits per heavy atom.